The van der Waals surface area contributed by atoms with Gasteiger partial charge < -0.3 is 19.7 Å². The maximum absolute atomic E-state index is 13.1. The van der Waals surface area contributed by atoms with Gasteiger partial charge in [-0.3, -0.25) is 0 Å². The number of benzene rings is 1. The predicted octanol–water partition coefficient (Wildman–Crippen LogP) is 2.20. The minimum absolute atomic E-state index is 0.0791. The molecule has 0 aromatic heterocycles. The van der Waals surface area contributed by atoms with Crippen molar-refractivity contribution >= 4 is 16.1 Å². The largest absolute Gasteiger partial charge is 0.490 e. The van der Waals surface area contributed by atoms with Crippen molar-refractivity contribution < 1.29 is 22.7 Å². The van der Waals surface area contributed by atoms with Crippen LogP contribution in [0.15, 0.2) is 23.1 Å². The lowest BCUT2D eigenvalue weighted by Crippen LogP contribution is -2.54. The fourth-order valence-electron chi connectivity index (χ4n) is 4.10. The minimum Gasteiger partial charge on any atom is -0.490 e. The summed E-state index contributed by atoms with van der Waals surface area (Å²) in [5, 5.41) is 3.10. The molecule has 1 saturated carbocycles. The number of hydrogen-bond acceptors (Lipinski definition) is 5. The van der Waals surface area contributed by atoms with E-state index in [0.717, 1.165) is 32.1 Å². The zero-order valence-corrected chi connectivity index (χ0v) is 17.5. The van der Waals surface area contributed by atoms with Gasteiger partial charge in [-0.1, -0.05) is 19.3 Å². The van der Waals surface area contributed by atoms with Crippen LogP contribution in [0.2, 0.25) is 0 Å². The lowest BCUT2D eigenvalue weighted by Gasteiger charge is -2.35. The highest BCUT2D eigenvalue weighted by Crippen LogP contribution is 2.33. The average molecular weight is 424 g/mol. The Morgan fingerprint density at radius 3 is 2.34 bits per heavy atom. The van der Waals surface area contributed by atoms with Crippen molar-refractivity contribution in [3.63, 3.8) is 0 Å². The Morgan fingerprint density at radius 2 is 1.62 bits per heavy atom. The molecule has 2 heterocycles. The van der Waals surface area contributed by atoms with Crippen LogP contribution < -0.4 is 14.8 Å². The molecule has 0 atom stereocenters. The lowest BCUT2D eigenvalue weighted by atomic mass is 9.96. The van der Waals surface area contributed by atoms with E-state index >= 15 is 0 Å². The maximum atomic E-state index is 13.1. The molecule has 160 valence electrons. The van der Waals surface area contributed by atoms with E-state index in [0.29, 0.717) is 37.8 Å². The Kier molecular flexibility index (Phi) is 6.15. The van der Waals surface area contributed by atoms with Crippen LogP contribution in [0.4, 0.5) is 4.79 Å². The number of carbonyl (C=O) groups excluding carboxylic acids is 1. The molecule has 4 rings (SSSR count). The molecule has 0 bridgehead atoms. The standard InChI is InChI=1S/C20H29N3O5S/c24-20(21-16-5-2-1-3-6-16)22-9-11-23(12-10-22)29(25,26)17-7-8-18-19(15-17)28-14-4-13-27-18/h7-8,15-16H,1-6,9-14H2,(H,21,24). The predicted molar refractivity (Wildman–Crippen MR) is 108 cm³/mol. The molecular weight excluding hydrogens is 394 g/mol. The first-order chi connectivity index (χ1) is 14.0. The normalized spacial score (nSPS) is 21.4. The van der Waals surface area contributed by atoms with Crippen LogP contribution in [-0.4, -0.2) is 69.1 Å². The van der Waals surface area contributed by atoms with Gasteiger partial charge in [0.2, 0.25) is 10.0 Å². The second kappa shape index (κ2) is 8.79. The molecular formula is C20H29N3O5S. The molecule has 2 amide bonds. The number of nitrogens with one attached hydrogen (secondary N) is 1. The van der Waals surface area contributed by atoms with Crippen molar-refractivity contribution in [3.05, 3.63) is 18.2 Å². The number of nitrogens with zero attached hydrogens (tertiary/aromatic N) is 2. The van der Waals surface area contributed by atoms with Gasteiger partial charge in [0.15, 0.2) is 11.5 Å². The Hall–Kier alpha value is -2.00. The molecule has 29 heavy (non-hydrogen) atoms. The molecule has 0 radical (unpaired) electrons. The Balaban J connectivity index is 1.37. The third-order valence-corrected chi connectivity index (χ3v) is 7.71. The van der Waals surface area contributed by atoms with Gasteiger partial charge in [-0.25, -0.2) is 13.2 Å². The Morgan fingerprint density at radius 1 is 0.931 bits per heavy atom. The number of piperazine rings is 1. The van der Waals surface area contributed by atoms with E-state index in [1.165, 1.54) is 16.8 Å². The van der Waals surface area contributed by atoms with Crippen LogP contribution in [0, 0.1) is 0 Å². The lowest BCUT2D eigenvalue weighted by molar-refractivity contribution is 0.166. The highest BCUT2D eigenvalue weighted by molar-refractivity contribution is 7.89. The number of amides is 2. The maximum Gasteiger partial charge on any atom is 0.317 e. The van der Waals surface area contributed by atoms with E-state index < -0.39 is 10.0 Å². The van der Waals surface area contributed by atoms with Gasteiger partial charge in [0, 0.05) is 44.7 Å². The van der Waals surface area contributed by atoms with Crippen LogP contribution in [0.5, 0.6) is 11.5 Å². The number of carbonyl (C=O) groups is 1. The minimum atomic E-state index is -3.64. The summed E-state index contributed by atoms with van der Waals surface area (Å²) >= 11 is 0. The SMILES string of the molecule is O=C(NC1CCCCC1)N1CCN(S(=O)(=O)c2ccc3c(c2)OCCCO3)CC1. The van der Waals surface area contributed by atoms with Gasteiger partial charge in [-0.05, 0) is 25.0 Å². The van der Waals surface area contributed by atoms with Gasteiger partial charge in [0.05, 0.1) is 18.1 Å². The van der Waals surface area contributed by atoms with Crippen molar-refractivity contribution in [2.24, 2.45) is 0 Å². The van der Waals surface area contributed by atoms with Crippen molar-refractivity contribution in [1.29, 1.82) is 0 Å². The number of rotatable bonds is 3. The van der Waals surface area contributed by atoms with Crippen molar-refractivity contribution in [2.45, 2.75) is 49.5 Å². The monoisotopic (exact) mass is 423 g/mol. The third-order valence-electron chi connectivity index (χ3n) is 5.82. The highest BCUT2D eigenvalue weighted by Gasteiger charge is 2.31. The van der Waals surface area contributed by atoms with E-state index in [2.05, 4.69) is 5.32 Å². The van der Waals surface area contributed by atoms with Gasteiger partial charge in [0.25, 0.3) is 0 Å². The summed E-state index contributed by atoms with van der Waals surface area (Å²) in [6, 6.07) is 4.93. The Labute approximate surface area is 172 Å². The second-order valence-corrected chi connectivity index (χ2v) is 9.77. The fourth-order valence-corrected chi connectivity index (χ4v) is 5.54. The third kappa shape index (κ3) is 4.61. The molecule has 1 aromatic carbocycles. The molecule has 1 N–H and O–H groups in total. The topological polar surface area (TPSA) is 88.2 Å². The quantitative estimate of drug-likeness (QED) is 0.805. The fraction of sp³-hybridized carbons (Fsp3) is 0.650. The zero-order chi connectivity index (χ0) is 20.3. The number of sulfonamides is 1. The highest BCUT2D eigenvalue weighted by atomic mass is 32.2. The first-order valence-corrected chi connectivity index (χ1v) is 11.9. The average Bonchev–Trinajstić information content (AvgIpc) is 2.99. The summed E-state index contributed by atoms with van der Waals surface area (Å²) < 4.78 is 38.8. The van der Waals surface area contributed by atoms with Crippen LogP contribution >= 0.6 is 0 Å². The zero-order valence-electron chi connectivity index (χ0n) is 16.6. The number of urea groups is 1. The summed E-state index contributed by atoms with van der Waals surface area (Å²) in [4.78, 5) is 14.4. The number of hydrogen-bond donors (Lipinski definition) is 1. The molecule has 2 aliphatic heterocycles. The van der Waals surface area contributed by atoms with Crippen LogP contribution in [0.3, 0.4) is 0 Å². The summed E-state index contributed by atoms with van der Waals surface area (Å²) in [6.45, 7) is 2.42. The number of fused-ring (bicyclic) bond motifs is 1. The van der Waals surface area contributed by atoms with E-state index in [1.807, 2.05) is 0 Å². The molecule has 3 aliphatic rings. The summed E-state index contributed by atoms with van der Waals surface area (Å²) in [5.74, 6) is 1.04. The summed E-state index contributed by atoms with van der Waals surface area (Å²) in [5.41, 5.74) is 0. The van der Waals surface area contributed by atoms with Gasteiger partial charge in [0.1, 0.15) is 0 Å². The van der Waals surface area contributed by atoms with Crippen LogP contribution in [-0.2, 0) is 10.0 Å². The first-order valence-electron chi connectivity index (χ1n) is 10.5. The molecule has 0 spiro atoms. The van der Waals surface area contributed by atoms with Crippen molar-refractivity contribution in [2.75, 3.05) is 39.4 Å². The van der Waals surface area contributed by atoms with Gasteiger partial charge in [-0.2, -0.15) is 4.31 Å². The molecule has 9 heteroatoms. The van der Waals surface area contributed by atoms with Crippen molar-refractivity contribution in [1.82, 2.24) is 14.5 Å². The van der Waals surface area contributed by atoms with E-state index in [4.69, 9.17) is 9.47 Å². The first kappa shape index (κ1) is 20.3. The van der Waals surface area contributed by atoms with Gasteiger partial charge in [-0.15, -0.1) is 0 Å². The van der Waals surface area contributed by atoms with Crippen LogP contribution in [0.25, 0.3) is 0 Å². The van der Waals surface area contributed by atoms with E-state index in [1.54, 1.807) is 17.0 Å². The number of ether oxygens (including phenoxy) is 2. The summed E-state index contributed by atoms with van der Waals surface area (Å²) in [6.07, 6.45) is 6.39. The second-order valence-electron chi connectivity index (χ2n) is 7.83. The van der Waals surface area contributed by atoms with Gasteiger partial charge >= 0.3 is 6.03 Å². The molecule has 1 aromatic rings. The van der Waals surface area contributed by atoms with E-state index in [-0.39, 0.29) is 30.1 Å². The molecule has 2 fully saturated rings. The van der Waals surface area contributed by atoms with Crippen molar-refractivity contribution in [3.8, 4) is 11.5 Å². The van der Waals surface area contributed by atoms with E-state index in [9.17, 15) is 13.2 Å². The molecule has 1 saturated heterocycles. The molecule has 0 unspecified atom stereocenters. The molecule has 8 nitrogen and oxygen atoms in total. The van der Waals surface area contributed by atoms with Crippen LogP contribution in [0.1, 0.15) is 38.5 Å². The Bertz CT molecular complexity index is 831. The summed E-state index contributed by atoms with van der Waals surface area (Å²) in [7, 11) is -3.64. The molecule has 1 aliphatic carbocycles. The smallest absolute Gasteiger partial charge is 0.317 e.